The van der Waals surface area contributed by atoms with Crippen molar-refractivity contribution in [2.45, 2.75) is 19.8 Å². The topological polar surface area (TPSA) is 49.4 Å². The van der Waals surface area contributed by atoms with Crippen molar-refractivity contribution < 1.29 is 9.59 Å². The molecule has 3 rings (SSSR count). The van der Waals surface area contributed by atoms with Gasteiger partial charge in [0.15, 0.2) is 0 Å². The molecule has 1 saturated heterocycles. The maximum Gasteiger partial charge on any atom is 0.266 e. The monoisotopic (exact) mass is 522 g/mol. The van der Waals surface area contributed by atoms with Gasteiger partial charge in [-0.3, -0.25) is 14.5 Å². The fourth-order valence-corrected chi connectivity index (χ4v) is 4.33. The van der Waals surface area contributed by atoms with Crippen LogP contribution in [0.2, 0.25) is 0 Å². The number of hydrogen-bond donors (Lipinski definition) is 1. The average molecular weight is 522 g/mol. The quantitative estimate of drug-likeness (QED) is 0.321. The first kappa shape index (κ1) is 21.0. The molecule has 0 radical (unpaired) electrons. The molecule has 0 spiro atoms. The second-order valence-corrected chi connectivity index (χ2v) is 9.32. The summed E-state index contributed by atoms with van der Waals surface area (Å²) in [7, 11) is 0. The summed E-state index contributed by atoms with van der Waals surface area (Å²) in [5.74, 6) is -0.157. The van der Waals surface area contributed by atoms with Gasteiger partial charge in [-0.15, -0.1) is 0 Å². The summed E-state index contributed by atoms with van der Waals surface area (Å²) in [6.45, 7) is 2.47. The maximum atomic E-state index is 12.6. The van der Waals surface area contributed by atoms with Gasteiger partial charge in [0.2, 0.25) is 5.91 Å². The molecule has 0 aromatic heterocycles. The lowest BCUT2D eigenvalue weighted by molar-refractivity contribution is -0.122. The molecule has 1 heterocycles. The highest BCUT2D eigenvalue weighted by Crippen LogP contribution is 2.32. The molecular weight excluding hydrogens is 503 g/mol. The SMILES string of the molecule is Cc1ccc(/C=C2\SC(=S)N(CCCC(=O)Nc3ccc(I)cc3)C2=O)cc1. The number of amides is 2. The minimum absolute atomic E-state index is 0.0677. The van der Waals surface area contributed by atoms with Crippen LogP contribution >= 0.6 is 46.6 Å². The molecular formula is C21H19IN2O2S2. The molecule has 144 valence electrons. The predicted molar refractivity (Wildman–Crippen MR) is 128 cm³/mol. The van der Waals surface area contributed by atoms with E-state index in [1.165, 1.54) is 17.3 Å². The van der Waals surface area contributed by atoms with Crippen molar-refractivity contribution in [3.05, 3.63) is 68.1 Å². The molecule has 0 bridgehead atoms. The molecule has 0 atom stereocenters. The molecule has 7 heteroatoms. The van der Waals surface area contributed by atoms with Crippen LogP contribution in [0.1, 0.15) is 24.0 Å². The molecule has 0 saturated carbocycles. The second-order valence-electron chi connectivity index (χ2n) is 6.40. The van der Waals surface area contributed by atoms with Gasteiger partial charge >= 0.3 is 0 Å². The smallest absolute Gasteiger partial charge is 0.266 e. The van der Waals surface area contributed by atoms with Crippen LogP contribution < -0.4 is 5.32 Å². The summed E-state index contributed by atoms with van der Waals surface area (Å²) in [5.41, 5.74) is 2.92. The summed E-state index contributed by atoms with van der Waals surface area (Å²) in [6.07, 6.45) is 2.75. The lowest BCUT2D eigenvalue weighted by Crippen LogP contribution is -2.29. The van der Waals surface area contributed by atoms with E-state index in [0.717, 1.165) is 14.8 Å². The zero-order chi connectivity index (χ0) is 20.1. The highest BCUT2D eigenvalue weighted by atomic mass is 127. The first-order valence-electron chi connectivity index (χ1n) is 8.80. The fourth-order valence-electron chi connectivity index (χ4n) is 2.66. The molecule has 2 amide bonds. The molecule has 0 aliphatic carbocycles. The van der Waals surface area contributed by atoms with Gasteiger partial charge < -0.3 is 5.32 Å². The summed E-state index contributed by atoms with van der Waals surface area (Å²) in [4.78, 5) is 26.9. The first-order valence-corrected chi connectivity index (χ1v) is 11.1. The second kappa shape index (κ2) is 9.67. The number of nitrogens with one attached hydrogen (secondary N) is 1. The Bertz CT molecular complexity index is 924. The number of hydrogen-bond acceptors (Lipinski definition) is 4. The molecule has 1 N–H and O–H groups in total. The van der Waals surface area contributed by atoms with E-state index in [4.69, 9.17) is 12.2 Å². The van der Waals surface area contributed by atoms with Crippen LogP contribution in [-0.4, -0.2) is 27.6 Å². The van der Waals surface area contributed by atoms with Gasteiger partial charge in [-0.05, 0) is 71.8 Å². The highest BCUT2D eigenvalue weighted by molar-refractivity contribution is 14.1. The normalized spacial score (nSPS) is 15.4. The van der Waals surface area contributed by atoms with Crippen LogP contribution in [0.4, 0.5) is 5.69 Å². The third-order valence-corrected chi connectivity index (χ3v) is 6.26. The number of thioether (sulfide) groups is 1. The van der Waals surface area contributed by atoms with Crippen LogP contribution in [0, 0.1) is 10.5 Å². The van der Waals surface area contributed by atoms with E-state index >= 15 is 0 Å². The van der Waals surface area contributed by atoms with Gasteiger partial charge in [-0.25, -0.2) is 0 Å². The number of nitrogens with zero attached hydrogens (tertiary/aromatic N) is 1. The van der Waals surface area contributed by atoms with Gasteiger partial charge in [0, 0.05) is 22.2 Å². The lowest BCUT2D eigenvalue weighted by Gasteiger charge is -2.14. The van der Waals surface area contributed by atoms with E-state index in [-0.39, 0.29) is 11.8 Å². The van der Waals surface area contributed by atoms with Gasteiger partial charge in [0.25, 0.3) is 5.91 Å². The zero-order valence-electron chi connectivity index (χ0n) is 15.3. The molecule has 1 aliphatic rings. The number of carbonyl (C=O) groups is 2. The van der Waals surface area contributed by atoms with E-state index in [0.29, 0.717) is 28.6 Å². The number of aryl methyl sites for hydroxylation is 1. The van der Waals surface area contributed by atoms with Crippen LogP contribution in [0.15, 0.2) is 53.4 Å². The van der Waals surface area contributed by atoms with E-state index in [2.05, 4.69) is 27.9 Å². The first-order chi connectivity index (χ1) is 13.4. The number of anilines is 1. The summed E-state index contributed by atoms with van der Waals surface area (Å²) in [5, 5.41) is 2.87. The maximum absolute atomic E-state index is 12.6. The van der Waals surface area contributed by atoms with E-state index in [9.17, 15) is 9.59 Å². The Kier molecular flexibility index (Phi) is 7.25. The summed E-state index contributed by atoms with van der Waals surface area (Å²) < 4.78 is 1.66. The minimum atomic E-state index is -0.0892. The van der Waals surface area contributed by atoms with Crippen molar-refractivity contribution in [1.82, 2.24) is 4.90 Å². The Morgan fingerprint density at radius 1 is 1.18 bits per heavy atom. The highest BCUT2D eigenvalue weighted by Gasteiger charge is 2.31. The molecule has 1 aliphatic heterocycles. The number of carbonyl (C=O) groups excluding carboxylic acids is 2. The van der Waals surface area contributed by atoms with Crippen molar-refractivity contribution in [2.24, 2.45) is 0 Å². The molecule has 0 unspecified atom stereocenters. The standard InChI is InChI=1S/C21H19IN2O2S2/c1-14-4-6-15(7-5-14)13-18-20(26)24(21(27)28-18)12-2-3-19(25)23-17-10-8-16(22)9-11-17/h4-11,13H,2-3,12H2,1H3,(H,23,25)/b18-13-. The van der Waals surface area contributed by atoms with Crippen LogP contribution in [0.5, 0.6) is 0 Å². The average Bonchev–Trinajstić information content (AvgIpc) is 2.93. The van der Waals surface area contributed by atoms with Gasteiger partial charge in [-0.1, -0.05) is 53.8 Å². The van der Waals surface area contributed by atoms with Gasteiger partial charge in [0.05, 0.1) is 4.91 Å². The summed E-state index contributed by atoms with van der Waals surface area (Å²) >= 11 is 8.88. The van der Waals surface area contributed by atoms with Crippen LogP contribution in [0.25, 0.3) is 6.08 Å². The van der Waals surface area contributed by atoms with E-state index < -0.39 is 0 Å². The number of thiocarbonyl (C=S) groups is 1. The largest absolute Gasteiger partial charge is 0.326 e. The minimum Gasteiger partial charge on any atom is -0.326 e. The Labute approximate surface area is 187 Å². The predicted octanol–water partition coefficient (Wildman–Crippen LogP) is 5.22. The van der Waals surface area contributed by atoms with Crippen molar-refractivity contribution in [2.75, 3.05) is 11.9 Å². The lowest BCUT2D eigenvalue weighted by atomic mass is 10.1. The Morgan fingerprint density at radius 3 is 2.54 bits per heavy atom. The van der Waals surface area contributed by atoms with Gasteiger partial charge in [-0.2, -0.15) is 0 Å². The van der Waals surface area contributed by atoms with Crippen molar-refractivity contribution in [1.29, 1.82) is 0 Å². The van der Waals surface area contributed by atoms with Crippen molar-refractivity contribution >= 4 is 74.5 Å². The molecule has 4 nitrogen and oxygen atoms in total. The Balaban J connectivity index is 1.52. The zero-order valence-corrected chi connectivity index (χ0v) is 19.1. The Hall–Kier alpha value is -1.71. The Morgan fingerprint density at radius 2 is 1.86 bits per heavy atom. The van der Waals surface area contributed by atoms with Crippen molar-refractivity contribution in [3.63, 3.8) is 0 Å². The molecule has 1 fully saturated rings. The number of benzene rings is 2. The third kappa shape index (κ3) is 5.65. The van der Waals surface area contributed by atoms with Crippen LogP contribution in [-0.2, 0) is 9.59 Å². The fraction of sp³-hybridized carbons (Fsp3) is 0.190. The van der Waals surface area contributed by atoms with Crippen molar-refractivity contribution in [3.8, 4) is 0 Å². The van der Waals surface area contributed by atoms with Gasteiger partial charge in [0.1, 0.15) is 4.32 Å². The van der Waals surface area contributed by atoms with E-state index in [1.807, 2.05) is 61.5 Å². The number of halogens is 1. The van der Waals surface area contributed by atoms with E-state index in [1.54, 1.807) is 4.90 Å². The van der Waals surface area contributed by atoms with Crippen LogP contribution in [0.3, 0.4) is 0 Å². The third-order valence-electron chi connectivity index (χ3n) is 4.16. The molecule has 28 heavy (non-hydrogen) atoms. The molecule has 2 aromatic carbocycles. The summed E-state index contributed by atoms with van der Waals surface area (Å²) in [6, 6.07) is 15.6. The number of rotatable bonds is 6. The molecule has 2 aromatic rings.